The molecule has 0 saturated carbocycles. The van der Waals surface area contributed by atoms with Crippen LogP contribution < -0.4 is 4.74 Å². The van der Waals surface area contributed by atoms with E-state index in [1.54, 1.807) is 7.05 Å². The highest BCUT2D eigenvalue weighted by Gasteiger charge is 2.09. The van der Waals surface area contributed by atoms with E-state index in [4.69, 9.17) is 9.57 Å². The average molecular weight is 223 g/mol. The van der Waals surface area contributed by atoms with Crippen molar-refractivity contribution in [1.82, 2.24) is 5.06 Å². The van der Waals surface area contributed by atoms with Gasteiger partial charge in [-0.25, -0.2) is 5.06 Å². The normalized spacial score (nSPS) is 10.0. The predicted octanol–water partition coefficient (Wildman–Crippen LogP) is 1.70. The Hall–Kier alpha value is -1.55. The fourth-order valence-electron chi connectivity index (χ4n) is 1.29. The third-order valence-corrected chi connectivity index (χ3v) is 2.31. The number of hydrogen-bond acceptors (Lipinski definition) is 3. The number of ether oxygens (including phenoxy) is 1. The van der Waals surface area contributed by atoms with E-state index in [0.29, 0.717) is 0 Å². The second kappa shape index (κ2) is 5.51. The lowest BCUT2D eigenvalue weighted by molar-refractivity contribution is -0.170. The van der Waals surface area contributed by atoms with Gasteiger partial charge in [0.25, 0.3) is 5.91 Å². The van der Waals surface area contributed by atoms with Gasteiger partial charge < -0.3 is 4.74 Å². The molecule has 1 rings (SSSR count). The van der Waals surface area contributed by atoms with Gasteiger partial charge in [-0.2, -0.15) is 0 Å². The van der Waals surface area contributed by atoms with Crippen molar-refractivity contribution in [3.05, 3.63) is 29.3 Å². The zero-order valence-corrected chi connectivity index (χ0v) is 10.1. The smallest absolute Gasteiger partial charge is 0.283 e. The van der Waals surface area contributed by atoms with Crippen molar-refractivity contribution in [2.75, 3.05) is 20.8 Å². The van der Waals surface area contributed by atoms with Gasteiger partial charge >= 0.3 is 0 Å². The van der Waals surface area contributed by atoms with Gasteiger partial charge in [-0.3, -0.25) is 9.63 Å². The van der Waals surface area contributed by atoms with E-state index in [1.807, 2.05) is 32.0 Å². The van der Waals surface area contributed by atoms with Gasteiger partial charge in [-0.05, 0) is 25.5 Å². The zero-order valence-electron chi connectivity index (χ0n) is 10.1. The quantitative estimate of drug-likeness (QED) is 0.729. The van der Waals surface area contributed by atoms with Gasteiger partial charge in [0.1, 0.15) is 5.75 Å². The number of carbonyl (C=O) groups is 1. The lowest BCUT2D eigenvalue weighted by Crippen LogP contribution is -2.30. The van der Waals surface area contributed by atoms with Crippen LogP contribution in [0.5, 0.6) is 5.75 Å². The molecule has 0 saturated heterocycles. The highest BCUT2D eigenvalue weighted by Crippen LogP contribution is 2.18. The maximum absolute atomic E-state index is 11.4. The van der Waals surface area contributed by atoms with Crippen LogP contribution in [0.25, 0.3) is 0 Å². The van der Waals surface area contributed by atoms with Crippen molar-refractivity contribution in [3.63, 3.8) is 0 Å². The first-order valence-electron chi connectivity index (χ1n) is 5.05. The molecule has 1 aromatic rings. The lowest BCUT2D eigenvalue weighted by Gasteiger charge is -2.15. The Morgan fingerprint density at radius 2 is 2.06 bits per heavy atom. The van der Waals surface area contributed by atoms with Crippen molar-refractivity contribution in [2.45, 2.75) is 13.8 Å². The minimum atomic E-state index is -0.220. The van der Waals surface area contributed by atoms with E-state index in [-0.39, 0.29) is 12.5 Å². The third kappa shape index (κ3) is 3.24. The highest BCUT2D eigenvalue weighted by molar-refractivity contribution is 5.76. The van der Waals surface area contributed by atoms with E-state index in [1.165, 1.54) is 12.7 Å². The van der Waals surface area contributed by atoms with E-state index < -0.39 is 0 Å². The topological polar surface area (TPSA) is 38.8 Å². The molecule has 0 fully saturated rings. The van der Waals surface area contributed by atoms with Gasteiger partial charge in [-0.1, -0.05) is 17.7 Å². The van der Waals surface area contributed by atoms with Gasteiger partial charge in [0.05, 0.1) is 7.11 Å². The predicted molar refractivity (Wildman–Crippen MR) is 61.2 cm³/mol. The summed E-state index contributed by atoms with van der Waals surface area (Å²) in [5.74, 6) is 0.505. The van der Waals surface area contributed by atoms with E-state index in [2.05, 4.69) is 0 Å². The minimum Gasteiger partial charge on any atom is -0.483 e. The monoisotopic (exact) mass is 223 g/mol. The summed E-state index contributed by atoms with van der Waals surface area (Å²) in [7, 11) is 2.99. The molecule has 0 aliphatic rings. The van der Waals surface area contributed by atoms with Crippen molar-refractivity contribution in [1.29, 1.82) is 0 Å². The Morgan fingerprint density at radius 3 is 2.62 bits per heavy atom. The van der Waals surface area contributed by atoms with E-state index >= 15 is 0 Å². The molecule has 1 aromatic carbocycles. The molecule has 4 nitrogen and oxygen atoms in total. The molecule has 4 heteroatoms. The molecule has 88 valence electrons. The van der Waals surface area contributed by atoms with Crippen LogP contribution in [-0.4, -0.2) is 31.7 Å². The summed E-state index contributed by atoms with van der Waals surface area (Å²) in [6, 6.07) is 5.83. The number of carbonyl (C=O) groups excluding carboxylic acids is 1. The summed E-state index contributed by atoms with van der Waals surface area (Å²) in [6.45, 7) is 3.95. The second-order valence-corrected chi connectivity index (χ2v) is 3.63. The molecular weight excluding hydrogens is 206 g/mol. The molecule has 0 aliphatic heterocycles. The van der Waals surface area contributed by atoms with Gasteiger partial charge in [0.2, 0.25) is 0 Å². The van der Waals surface area contributed by atoms with E-state index in [9.17, 15) is 4.79 Å². The Labute approximate surface area is 95.7 Å². The van der Waals surface area contributed by atoms with Crippen LogP contribution in [0, 0.1) is 13.8 Å². The van der Waals surface area contributed by atoms with Crippen molar-refractivity contribution >= 4 is 5.91 Å². The number of benzene rings is 1. The van der Waals surface area contributed by atoms with Crippen LogP contribution in [0.2, 0.25) is 0 Å². The summed E-state index contributed by atoms with van der Waals surface area (Å²) in [4.78, 5) is 16.2. The Bertz CT molecular complexity index is 377. The van der Waals surface area contributed by atoms with Crippen molar-refractivity contribution in [3.8, 4) is 5.75 Å². The molecule has 0 spiro atoms. The summed E-state index contributed by atoms with van der Waals surface area (Å²) in [6.07, 6.45) is 0. The molecule has 0 N–H and O–H groups in total. The number of likely N-dealkylation sites (N-methyl/N-ethyl adjacent to an activating group) is 1. The molecule has 0 bridgehead atoms. The van der Waals surface area contributed by atoms with Crippen LogP contribution in [0.3, 0.4) is 0 Å². The molecular formula is C12H17NO3. The minimum absolute atomic E-state index is 0.0196. The average Bonchev–Trinajstić information content (AvgIpc) is 2.26. The third-order valence-electron chi connectivity index (χ3n) is 2.31. The SMILES string of the molecule is CON(C)C(=O)COc1ccc(C)cc1C. The van der Waals surface area contributed by atoms with Gasteiger partial charge in [0.15, 0.2) is 6.61 Å². The number of hydroxylamine groups is 2. The number of nitrogens with zero attached hydrogens (tertiary/aromatic N) is 1. The molecule has 0 unspecified atom stereocenters. The fourth-order valence-corrected chi connectivity index (χ4v) is 1.29. The van der Waals surface area contributed by atoms with Crippen LogP contribution in [0.15, 0.2) is 18.2 Å². The number of aryl methyl sites for hydroxylation is 2. The van der Waals surface area contributed by atoms with E-state index in [0.717, 1.165) is 16.4 Å². The number of rotatable bonds is 4. The number of hydrogen-bond donors (Lipinski definition) is 0. The highest BCUT2D eigenvalue weighted by atomic mass is 16.7. The first-order valence-corrected chi connectivity index (χ1v) is 5.05. The summed E-state index contributed by atoms with van der Waals surface area (Å²) < 4.78 is 5.41. The molecule has 0 aromatic heterocycles. The van der Waals surface area contributed by atoms with Crippen molar-refractivity contribution in [2.24, 2.45) is 0 Å². The van der Waals surface area contributed by atoms with Gasteiger partial charge in [0, 0.05) is 7.05 Å². The summed E-state index contributed by atoms with van der Waals surface area (Å²) >= 11 is 0. The van der Waals surface area contributed by atoms with Crippen LogP contribution >= 0.6 is 0 Å². The molecule has 0 heterocycles. The second-order valence-electron chi connectivity index (χ2n) is 3.63. The van der Waals surface area contributed by atoms with Crippen LogP contribution in [-0.2, 0) is 9.63 Å². The Kier molecular flexibility index (Phi) is 4.31. The molecule has 0 atom stereocenters. The maximum atomic E-state index is 11.4. The Morgan fingerprint density at radius 1 is 1.38 bits per heavy atom. The van der Waals surface area contributed by atoms with Crippen molar-refractivity contribution < 1.29 is 14.4 Å². The summed E-state index contributed by atoms with van der Waals surface area (Å²) in [5.41, 5.74) is 2.19. The molecule has 0 radical (unpaired) electrons. The first-order chi connectivity index (χ1) is 7.54. The molecule has 0 aliphatic carbocycles. The zero-order chi connectivity index (χ0) is 12.1. The standard InChI is InChI=1S/C12H17NO3/c1-9-5-6-11(10(2)7-9)16-8-12(14)13(3)15-4/h5-7H,8H2,1-4H3. The largest absolute Gasteiger partial charge is 0.483 e. The molecule has 16 heavy (non-hydrogen) atoms. The van der Waals surface area contributed by atoms with Gasteiger partial charge in [-0.15, -0.1) is 0 Å². The van der Waals surface area contributed by atoms with Crippen LogP contribution in [0.4, 0.5) is 0 Å². The first kappa shape index (κ1) is 12.5. The number of amides is 1. The van der Waals surface area contributed by atoms with Crippen LogP contribution in [0.1, 0.15) is 11.1 Å². The fraction of sp³-hybridized carbons (Fsp3) is 0.417. The maximum Gasteiger partial charge on any atom is 0.283 e. The lowest BCUT2D eigenvalue weighted by atomic mass is 10.1. The molecule has 1 amide bonds. The Balaban J connectivity index is 2.58. The summed E-state index contributed by atoms with van der Waals surface area (Å²) in [5, 5.41) is 1.14.